The second kappa shape index (κ2) is 11.8. The normalized spacial score (nSPS) is 10.5. The molecule has 0 aliphatic rings. The molecule has 0 atom stereocenters. The summed E-state index contributed by atoms with van der Waals surface area (Å²) in [4.78, 5) is 33.0. The molecule has 0 unspecified atom stereocenters. The van der Waals surface area contributed by atoms with Crippen LogP contribution in [0.5, 0.6) is 11.5 Å². The van der Waals surface area contributed by atoms with E-state index in [2.05, 4.69) is 4.98 Å². The first-order valence-corrected chi connectivity index (χ1v) is 11.2. The van der Waals surface area contributed by atoms with E-state index in [1.54, 1.807) is 32.3 Å². The number of pyridine rings is 1. The summed E-state index contributed by atoms with van der Waals surface area (Å²) in [6.45, 7) is 5.45. The Balaban J connectivity index is 1.52. The number of amides is 2. The fraction of sp³-hybridized carbons (Fsp3) is 0.296. The zero-order valence-electron chi connectivity index (χ0n) is 20.2. The number of carbonyl (C=O) groups is 2. The first-order chi connectivity index (χ1) is 16.4. The lowest BCUT2D eigenvalue weighted by molar-refractivity contribution is 0.0760. The number of rotatable bonds is 10. The summed E-state index contributed by atoms with van der Waals surface area (Å²) >= 11 is 0. The smallest absolute Gasteiger partial charge is 0.272 e. The molecular weight excluding hydrogens is 430 g/mol. The lowest BCUT2D eigenvalue weighted by Gasteiger charge is -2.19. The molecule has 3 aromatic rings. The van der Waals surface area contributed by atoms with E-state index in [4.69, 9.17) is 9.47 Å². The third-order valence-electron chi connectivity index (χ3n) is 5.44. The number of aryl methyl sites for hydroxylation is 2. The van der Waals surface area contributed by atoms with Crippen molar-refractivity contribution in [1.82, 2.24) is 14.8 Å². The number of para-hydroxylation sites is 2. The van der Waals surface area contributed by atoms with Crippen molar-refractivity contribution in [2.45, 2.75) is 13.8 Å². The maximum absolute atomic E-state index is 12.8. The number of hydrogen-bond donors (Lipinski definition) is 0. The Morgan fingerprint density at radius 3 is 1.50 bits per heavy atom. The van der Waals surface area contributed by atoms with Gasteiger partial charge in [-0.2, -0.15) is 0 Å². The van der Waals surface area contributed by atoms with Gasteiger partial charge in [0.25, 0.3) is 11.8 Å². The van der Waals surface area contributed by atoms with Gasteiger partial charge in [0, 0.05) is 14.1 Å². The highest BCUT2D eigenvalue weighted by atomic mass is 16.5. The topological polar surface area (TPSA) is 72.0 Å². The molecule has 0 radical (unpaired) electrons. The molecule has 3 rings (SSSR count). The minimum Gasteiger partial charge on any atom is -0.491 e. The molecule has 1 heterocycles. The van der Waals surface area contributed by atoms with Crippen LogP contribution in [0.3, 0.4) is 0 Å². The third kappa shape index (κ3) is 6.57. The molecule has 0 spiro atoms. The van der Waals surface area contributed by atoms with Crippen molar-refractivity contribution >= 4 is 11.8 Å². The molecule has 2 aromatic carbocycles. The molecule has 0 saturated carbocycles. The Labute approximate surface area is 200 Å². The lowest BCUT2D eigenvalue weighted by atomic mass is 10.2. The Morgan fingerprint density at radius 1 is 0.676 bits per heavy atom. The van der Waals surface area contributed by atoms with Crippen molar-refractivity contribution in [2.75, 3.05) is 40.4 Å². The predicted octanol–water partition coefficient (Wildman–Crippen LogP) is 4.00. The highest BCUT2D eigenvalue weighted by molar-refractivity contribution is 5.96. The van der Waals surface area contributed by atoms with Gasteiger partial charge in [0.05, 0.1) is 13.1 Å². The van der Waals surface area contributed by atoms with Crippen LogP contribution in [0, 0.1) is 13.8 Å². The number of benzene rings is 2. The number of likely N-dealkylation sites (N-methyl/N-ethyl adjacent to an activating group) is 2. The standard InChI is InChI=1S/C27H31N3O4/c1-20-10-5-7-14-24(20)33-18-16-29(3)26(31)22-12-9-13-23(28-22)27(32)30(4)17-19-34-25-15-8-6-11-21(25)2/h5-15H,16-19H2,1-4H3. The molecule has 7 nitrogen and oxygen atoms in total. The summed E-state index contributed by atoms with van der Waals surface area (Å²) in [6.07, 6.45) is 0. The molecule has 0 fully saturated rings. The molecule has 1 aromatic heterocycles. The summed E-state index contributed by atoms with van der Waals surface area (Å²) in [5, 5.41) is 0. The average molecular weight is 462 g/mol. The monoisotopic (exact) mass is 461 g/mol. The lowest BCUT2D eigenvalue weighted by Crippen LogP contribution is -2.33. The zero-order valence-corrected chi connectivity index (χ0v) is 20.2. The van der Waals surface area contributed by atoms with Crippen LogP contribution in [0.25, 0.3) is 0 Å². The van der Waals surface area contributed by atoms with E-state index in [-0.39, 0.29) is 23.2 Å². The van der Waals surface area contributed by atoms with Crippen LogP contribution >= 0.6 is 0 Å². The third-order valence-corrected chi connectivity index (χ3v) is 5.44. The van der Waals surface area contributed by atoms with E-state index >= 15 is 0 Å². The predicted molar refractivity (Wildman–Crippen MR) is 132 cm³/mol. The Bertz CT molecular complexity index is 1050. The molecule has 178 valence electrons. The van der Waals surface area contributed by atoms with Crippen molar-refractivity contribution in [3.63, 3.8) is 0 Å². The molecule has 2 amide bonds. The minimum atomic E-state index is -0.270. The first kappa shape index (κ1) is 24.8. The SMILES string of the molecule is Cc1ccccc1OCCN(C)C(=O)c1cccc(C(=O)N(C)CCOc2ccccc2C)n1. The van der Waals surface area contributed by atoms with E-state index in [9.17, 15) is 9.59 Å². The first-order valence-electron chi connectivity index (χ1n) is 11.2. The van der Waals surface area contributed by atoms with Gasteiger partial charge in [-0.15, -0.1) is 0 Å². The van der Waals surface area contributed by atoms with Crippen LogP contribution < -0.4 is 9.47 Å². The fourth-order valence-electron chi connectivity index (χ4n) is 3.29. The van der Waals surface area contributed by atoms with Crippen molar-refractivity contribution in [1.29, 1.82) is 0 Å². The van der Waals surface area contributed by atoms with Gasteiger partial charge in [-0.3, -0.25) is 9.59 Å². The van der Waals surface area contributed by atoms with Gasteiger partial charge in [-0.05, 0) is 49.2 Å². The summed E-state index contributed by atoms with van der Waals surface area (Å²) in [5.74, 6) is 1.05. The molecular formula is C27H31N3O4. The number of nitrogens with zero attached hydrogens (tertiary/aromatic N) is 3. The average Bonchev–Trinajstić information content (AvgIpc) is 2.85. The molecule has 0 aliphatic carbocycles. The summed E-state index contributed by atoms with van der Waals surface area (Å²) in [7, 11) is 3.38. The number of aromatic nitrogens is 1. The van der Waals surface area contributed by atoms with Crippen molar-refractivity contribution in [3.8, 4) is 11.5 Å². The second-order valence-corrected chi connectivity index (χ2v) is 8.09. The van der Waals surface area contributed by atoms with Gasteiger partial charge in [-0.25, -0.2) is 4.98 Å². The summed E-state index contributed by atoms with van der Waals surface area (Å²) < 4.78 is 11.6. The van der Waals surface area contributed by atoms with Gasteiger partial charge in [0.2, 0.25) is 0 Å². The number of ether oxygens (including phenoxy) is 2. The summed E-state index contributed by atoms with van der Waals surface area (Å²) in [5.41, 5.74) is 2.51. The number of hydrogen-bond acceptors (Lipinski definition) is 5. The molecule has 0 saturated heterocycles. The Hall–Kier alpha value is -3.87. The quantitative estimate of drug-likeness (QED) is 0.456. The molecule has 7 heteroatoms. The van der Waals surface area contributed by atoms with Gasteiger partial charge in [0.1, 0.15) is 36.1 Å². The van der Waals surface area contributed by atoms with E-state index < -0.39 is 0 Å². The van der Waals surface area contributed by atoms with E-state index in [0.29, 0.717) is 26.3 Å². The van der Waals surface area contributed by atoms with Crippen molar-refractivity contribution in [3.05, 3.63) is 89.2 Å². The second-order valence-electron chi connectivity index (χ2n) is 8.09. The van der Waals surface area contributed by atoms with E-state index in [0.717, 1.165) is 22.6 Å². The van der Waals surface area contributed by atoms with Crippen LogP contribution in [0.4, 0.5) is 0 Å². The Kier molecular flexibility index (Phi) is 8.62. The molecule has 0 bridgehead atoms. The van der Waals surface area contributed by atoms with Crippen LogP contribution in [-0.2, 0) is 0 Å². The Morgan fingerprint density at radius 2 is 1.09 bits per heavy atom. The van der Waals surface area contributed by atoms with Crippen LogP contribution in [-0.4, -0.2) is 67.0 Å². The highest BCUT2D eigenvalue weighted by Gasteiger charge is 2.18. The summed E-state index contributed by atoms with van der Waals surface area (Å²) in [6, 6.07) is 20.4. The minimum absolute atomic E-state index is 0.216. The molecule has 0 aliphatic heterocycles. The van der Waals surface area contributed by atoms with Crippen LogP contribution in [0.15, 0.2) is 66.7 Å². The van der Waals surface area contributed by atoms with Crippen molar-refractivity contribution in [2.24, 2.45) is 0 Å². The van der Waals surface area contributed by atoms with E-state index in [1.165, 1.54) is 9.80 Å². The van der Waals surface area contributed by atoms with E-state index in [1.807, 2.05) is 62.4 Å². The van der Waals surface area contributed by atoms with Gasteiger partial charge in [-0.1, -0.05) is 42.5 Å². The van der Waals surface area contributed by atoms with Gasteiger partial charge < -0.3 is 19.3 Å². The molecule has 34 heavy (non-hydrogen) atoms. The highest BCUT2D eigenvalue weighted by Crippen LogP contribution is 2.17. The van der Waals surface area contributed by atoms with Crippen molar-refractivity contribution < 1.29 is 19.1 Å². The molecule has 0 N–H and O–H groups in total. The van der Waals surface area contributed by atoms with Crippen LogP contribution in [0.1, 0.15) is 32.1 Å². The zero-order chi connectivity index (χ0) is 24.5. The van der Waals surface area contributed by atoms with Crippen LogP contribution in [0.2, 0.25) is 0 Å². The maximum Gasteiger partial charge on any atom is 0.272 e. The number of carbonyl (C=O) groups excluding carboxylic acids is 2. The van der Waals surface area contributed by atoms with Gasteiger partial charge >= 0.3 is 0 Å². The fourth-order valence-corrected chi connectivity index (χ4v) is 3.29. The largest absolute Gasteiger partial charge is 0.491 e. The maximum atomic E-state index is 12.8. The van der Waals surface area contributed by atoms with Gasteiger partial charge in [0.15, 0.2) is 0 Å².